The van der Waals surface area contributed by atoms with Gasteiger partial charge in [-0.1, -0.05) is 31.3 Å². The molecule has 21 heavy (non-hydrogen) atoms. The van der Waals surface area contributed by atoms with E-state index < -0.39 is 11.6 Å². The van der Waals surface area contributed by atoms with E-state index in [4.69, 9.17) is 4.74 Å². The zero-order valence-electron chi connectivity index (χ0n) is 12.0. The van der Waals surface area contributed by atoms with E-state index in [9.17, 15) is 8.78 Å². The highest BCUT2D eigenvalue weighted by Gasteiger charge is 2.11. The minimum Gasteiger partial charge on any atom is -0.497 e. The van der Waals surface area contributed by atoms with Crippen LogP contribution in [0.1, 0.15) is 30.0 Å². The fourth-order valence-corrected chi connectivity index (χ4v) is 1.96. The first-order valence-electron chi connectivity index (χ1n) is 6.78. The summed E-state index contributed by atoms with van der Waals surface area (Å²) in [7, 11) is 1.58. The molecule has 0 N–H and O–H groups in total. The van der Waals surface area contributed by atoms with Gasteiger partial charge in [0.2, 0.25) is 0 Å². The maximum atomic E-state index is 13.9. The van der Waals surface area contributed by atoms with Gasteiger partial charge in [0.05, 0.1) is 12.7 Å². The third-order valence-electron chi connectivity index (χ3n) is 3.11. The minimum absolute atomic E-state index is 0.0724. The van der Waals surface area contributed by atoms with Gasteiger partial charge in [0.1, 0.15) is 5.75 Å². The lowest BCUT2D eigenvalue weighted by Crippen LogP contribution is -1.97. The number of rotatable bonds is 3. The third-order valence-corrected chi connectivity index (χ3v) is 3.11. The predicted octanol–water partition coefficient (Wildman–Crippen LogP) is 4.33. The fourth-order valence-electron chi connectivity index (χ4n) is 1.96. The van der Waals surface area contributed by atoms with Crippen LogP contribution in [0.25, 0.3) is 0 Å². The lowest BCUT2D eigenvalue weighted by molar-refractivity contribution is 0.415. The van der Waals surface area contributed by atoms with E-state index in [0.29, 0.717) is 17.5 Å². The number of hydrogen-bond acceptors (Lipinski definition) is 1. The molecule has 0 saturated heterocycles. The van der Waals surface area contributed by atoms with Crippen molar-refractivity contribution in [2.45, 2.75) is 19.8 Å². The molecule has 0 fully saturated rings. The average molecular weight is 286 g/mol. The number of hydrogen-bond donors (Lipinski definition) is 0. The van der Waals surface area contributed by atoms with Crippen molar-refractivity contribution in [3.63, 3.8) is 0 Å². The quantitative estimate of drug-likeness (QED) is 0.763. The molecule has 2 aromatic carbocycles. The zero-order valence-corrected chi connectivity index (χ0v) is 12.0. The molecule has 0 atom stereocenters. The Labute approximate surface area is 123 Å². The Bertz CT molecular complexity index is 679. The van der Waals surface area contributed by atoms with Gasteiger partial charge in [0, 0.05) is 5.56 Å². The molecule has 0 unspecified atom stereocenters. The maximum Gasteiger partial charge on any atom is 0.174 e. The van der Waals surface area contributed by atoms with Crippen LogP contribution in [-0.2, 0) is 6.42 Å². The van der Waals surface area contributed by atoms with E-state index in [1.807, 2.05) is 6.92 Å². The van der Waals surface area contributed by atoms with Crippen LogP contribution < -0.4 is 4.74 Å². The number of halogens is 2. The van der Waals surface area contributed by atoms with Gasteiger partial charge in [-0.25, -0.2) is 8.78 Å². The molecular weight excluding hydrogens is 270 g/mol. The number of aryl methyl sites for hydroxylation is 1. The Kier molecular flexibility index (Phi) is 4.94. The van der Waals surface area contributed by atoms with Gasteiger partial charge in [-0.2, -0.15) is 0 Å². The van der Waals surface area contributed by atoms with Crippen LogP contribution in [0.4, 0.5) is 8.78 Å². The lowest BCUT2D eigenvalue weighted by Gasteiger charge is -2.03. The number of methoxy groups -OCH3 is 1. The van der Waals surface area contributed by atoms with E-state index in [1.54, 1.807) is 37.4 Å². The summed E-state index contributed by atoms with van der Waals surface area (Å²) in [6, 6.07) is 10.2. The molecule has 0 saturated carbocycles. The Hall–Kier alpha value is -2.34. The Morgan fingerprint density at radius 3 is 2.29 bits per heavy atom. The standard InChI is InChI=1S/C18H16F2O/c1-3-4-14-9-10-15(18(20)17(14)19)8-5-13-6-11-16(21-2)12-7-13/h6-7,9-12H,3-4H2,1-2H3. The Morgan fingerprint density at radius 1 is 0.952 bits per heavy atom. The van der Waals surface area contributed by atoms with Crippen LogP contribution in [0.5, 0.6) is 5.75 Å². The maximum absolute atomic E-state index is 13.9. The molecule has 0 aromatic heterocycles. The summed E-state index contributed by atoms with van der Waals surface area (Å²) < 4.78 is 32.8. The van der Waals surface area contributed by atoms with Crippen LogP contribution in [0, 0.1) is 23.5 Å². The summed E-state index contributed by atoms with van der Waals surface area (Å²) >= 11 is 0. The average Bonchev–Trinajstić information content (AvgIpc) is 2.52. The van der Waals surface area contributed by atoms with Crippen molar-refractivity contribution in [1.82, 2.24) is 0 Å². The van der Waals surface area contributed by atoms with E-state index in [2.05, 4.69) is 11.8 Å². The van der Waals surface area contributed by atoms with E-state index in [0.717, 1.165) is 12.2 Å². The largest absolute Gasteiger partial charge is 0.497 e. The second-order valence-electron chi connectivity index (χ2n) is 4.63. The van der Waals surface area contributed by atoms with Crippen molar-refractivity contribution in [1.29, 1.82) is 0 Å². The molecule has 0 bridgehead atoms. The van der Waals surface area contributed by atoms with Crippen molar-refractivity contribution >= 4 is 0 Å². The van der Waals surface area contributed by atoms with Gasteiger partial charge in [-0.3, -0.25) is 0 Å². The molecule has 0 spiro atoms. The van der Waals surface area contributed by atoms with Gasteiger partial charge >= 0.3 is 0 Å². The molecule has 0 radical (unpaired) electrons. The topological polar surface area (TPSA) is 9.23 Å². The minimum atomic E-state index is -0.873. The van der Waals surface area contributed by atoms with Gasteiger partial charge < -0.3 is 4.74 Å². The summed E-state index contributed by atoms with van der Waals surface area (Å²) in [5.74, 6) is 4.55. The van der Waals surface area contributed by atoms with Crippen molar-refractivity contribution in [3.05, 3.63) is 64.7 Å². The fraction of sp³-hybridized carbons (Fsp3) is 0.222. The first kappa shape index (κ1) is 15.1. The van der Waals surface area contributed by atoms with Crippen molar-refractivity contribution in [3.8, 4) is 17.6 Å². The molecule has 0 amide bonds. The molecule has 0 aliphatic rings. The van der Waals surface area contributed by atoms with Crippen molar-refractivity contribution in [2.75, 3.05) is 7.11 Å². The first-order chi connectivity index (χ1) is 10.2. The second kappa shape index (κ2) is 6.90. The van der Waals surface area contributed by atoms with Crippen molar-refractivity contribution < 1.29 is 13.5 Å². The highest BCUT2D eigenvalue weighted by Crippen LogP contribution is 2.17. The molecule has 0 heterocycles. The highest BCUT2D eigenvalue weighted by molar-refractivity contribution is 5.45. The summed E-state index contributed by atoms with van der Waals surface area (Å²) in [5, 5.41) is 0. The number of benzene rings is 2. The van der Waals surface area contributed by atoms with Gasteiger partial charge in [-0.05, 0) is 42.3 Å². The summed E-state index contributed by atoms with van der Waals surface area (Å²) in [4.78, 5) is 0. The van der Waals surface area contributed by atoms with E-state index in [-0.39, 0.29) is 5.56 Å². The van der Waals surface area contributed by atoms with E-state index >= 15 is 0 Å². The molecule has 2 aromatic rings. The Morgan fingerprint density at radius 2 is 1.67 bits per heavy atom. The second-order valence-corrected chi connectivity index (χ2v) is 4.63. The normalized spacial score (nSPS) is 9.90. The Balaban J connectivity index is 2.27. The van der Waals surface area contributed by atoms with E-state index in [1.165, 1.54) is 6.07 Å². The SMILES string of the molecule is CCCc1ccc(C#Cc2ccc(OC)cc2)c(F)c1F. The molecule has 3 heteroatoms. The summed E-state index contributed by atoms with van der Waals surface area (Å²) in [6.07, 6.45) is 1.29. The zero-order chi connectivity index (χ0) is 15.2. The molecule has 0 aliphatic carbocycles. The molecule has 1 nitrogen and oxygen atoms in total. The first-order valence-corrected chi connectivity index (χ1v) is 6.78. The molecule has 0 aliphatic heterocycles. The summed E-state index contributed by atoms with van der Waals surface area (Å²) in [5.41, 5.74) is 1.18. The van der Waals surface area contributed by atoms with Crippen LogP contribution in [0.3, 0.4) is 0 Å². The predicted molar refractivity (Wildman–Crippen MR) is 79.3 cm³/mol. The lowest BCUT2D eigenvalue weighted by atomic mass is 10.1. The highest BCUT2D eigenvalue weighted by atomic mass is 19.2. The van der Waals surface area contributed by atoms with Gasteiger partial charge in [0.15, 0.2) is 11.6 Å². The summed E-state index contributed by atoms with van der Waals surface area (Å²) in [6.45, 7) is 1.93. The van der Waals surface area contributed by atoms with Crippen LogP contribution in [-0.4, -0.2) is 7.11 Å². The monoisotopic (exact) mass is 286 g/mol. The molecule has 108 valence electrons. The number of ether oxygens (including phenoxy) is 1. The smallest absolute Gasteiger partial charge is 0.174 e. The van der Waals surface area contributed by atoms with Crippen LogP contribution in [0.2, 0.25) is 0 Å². The van der Waals surface area contributed by atoms with Crippen molar-refractivity contribution in [2.24, 2.45) is 0 Å². The molecule has 2 rings (SSSR count). The van der Waals surface area contributed by atoms with Gasteiger partial charge in [0.25, 0.3) is 0 Å². The van der Waals surface area contributed by atoms with Gasteiger partial charge in [-0.15, -0.1) is 0 Å². The third kappa shape index (κ3) is 3.61. The molecular formula is C18H16F2O. The van der Waals surface area contributed by atoms with Crippen LogP contribution >= 0.6 is 0 Å². The van der Waals surface area contributed by atoms with Crippen LogP contribution in [0.15, 0.2) is 36.4 Å².